The first-order chi connectivity index (χ1) is 12.2. The molecule has 25 heavy (non-hydrogen) atoms. The number of benzene rings is 2. The quantitative estimate of drug-likeness (QED) is 0.676. The van der Waals surface area contributed by atoms with Crippen molar-refractivity contribution in [2.24, 2.45) is 11.8 Å². The van der Waals surface area contributed by atoms with Crippen LogP contribution in [0.5, 0.6) is 0 Å². The molecular weight excluding hydrogens is 306 g/mol. The molecular formula is C23H31NO. The molecule has 0 aliphatic heterocycles. The molecule has 1 aliphatic rings. The highest BCUT2D eigenvalue weighted by Crippen LogP contribution is 2.40. The molecule has 0 saturated heterocycles. The zero-order valence-corrected chi connectivity index (χ0v) is 15.8. The van der Waals surface area contributed by atoms with E-state index in [2.05, 4.69) is 79.5 Å². The molecule has 3 rings (SSSR count). The Kier molecular flexibility index (Phi) is 5.93. The van der Waals surface area contributed by atoms with Gasteiger partial charge >= 0.3 is 0 Å². The van der Waals surface area contributed by atoms with E-state index in [9.17, 15) is 0 Å². The van der Waals surface area contributed by atoms with Crippen molar-refractivity contribution in [2.75, 3.05) is 27.2 Å². The van der Waals surface area contributed by atoms with E-state index in [1.807, 2.05) is 7.11 Å². The molecule has 0 aromatic heterocycles. The van der Waals surface area contributed by atoms with E-state index in [4.69, 9.17) is 4.74 Å². The van der Waals surface area contributed by atoms with E-state index in [0.717, 1.165) is 12.5 Å². The van der Waals surface area contributed by atoms with Crippen LogP contribution in [-0.4, -0.2) is 32.1 Å². The Morgan fingerprint density at radius 2 is 1.52 bits per heavy atom. The molecule has 134 valence electrons. The van der Waals surface area contributed by atoms with E-state index < -0.39 is 5.60 Å². The zero-order valence-electron chi connectivity index (χ0n) is 15.8. The fourth-order valence-electron chi connectivity index (χ4n) is 4.33. The van der Waals surface area contributed by atoms with Crippen molar-refractivity contribution < 1.29 is 4.74 Å². The maximum Gasteiger partial charge on any atom is 0.121 e. The summed E-state index contributed by atoms with van der Waals surface area (Å²) in [6, 6.07) is 21.3. The van der Waals surface area contributed by atoms with E-state index in [1.165, 1.54) is 36.9 Å². The van der Waals surface area contributed by atoms with Gasteiger partial charge in [-0.15, -0.1) is 0 Å². The molecule has 0 N–H and O–H groups in total. The van der Waals surface area contributed by atoms with Crippen LogP contribution in [-0.2, 0) is 10.3 Å². The van der Waals surface area contributed by atoms with Gasteiger partial charge in [0.15, 0.2) is 0 Å². The molecule has 2 aromatic carbocycles. The second kappa shape index (κ2) is 8.16. The minimum absolute atomic E-state index is 0.340. The van der Waals surface area contributed by atoms with E-state index >= 15 is 0 Å². The first kappa shape index (κ1) is 18.2. The highest BCUT2D eigenvalue weighted by Gasteiger charge is 2.40. The molecule has 2 heteroatoms. The van der Waals surface area contributed by atoms with E-state index in [-0.39, 0.29) is 0 Å². The van der Waals surface area contributed by atoms with Crippen molar-refractivity contribution in [1.82, 2.24) is 4.90 Å². The van der Waals surface area contributed by atoms with Gasteiger partial charge in [-0.3, -0.25) is 0 Å². The fourth-order valence-corrected chi connectivity index (χ4v) is 4.33. The summed E-state index contributed by atoms with van der Waals surface area (Å²) in [5.74, 6) is 1.23. The van der Waals surface area contributed by atoms with Gasteiger partial charge in [0.05, 0.1) is 0 Å². The average Bonchev–Trinajstić information content (AvgIpc) is 2.61. The third-order valence-electron chi connectivity index (χ3n) is 5.80. The highest BCUT2D eigenvalue weighted by molar-refractivity contribution is 5.37. The summed E-state index contributed by atoms with van der Waals surface area (Å²) < 4.78 is 6.29. The molecule has 2 aromatic rings. The Morgan fingerprint density at radius 3 is 1.92 bits per heavy atom. The molecule has 2 nitrogen and oxygen atoms in total. The van der Waals surface area contributed by atoms with Gasteiger partial charge < -0.3 is 9.64 Å². The molecule has 1 atom stereocenters. The van der Waals surface area contributed by atoms with Crippen LogP contribution < -0.4 is 0 Å². The number of methoxy groups -OCH3 is 1. The second-order valence-electron chi connectivity index (χ2n) is 7.59. The number of hydrogen-bond donors (Lipinski definition) is 0. The first-order valence-electron chi connectivity index (χ1n) is 9.51. The third kappa shape index (κ3) is 3.80. The van der Waals surface area contributed by atoms with Crippen molar-refractivity contribution in [2.45, 2.75) is 31.8 Å². The van der Waals surface area contributed by atoms with Gasteiger partial charge in [0.1, 0.15) is 5.60 Å². The van der Waals surface area contributed by atoms with E-state index in [1.54, 1.807) is 0 Å². The van der Waals surface area contributed by atoms with Crippen LogP contribution in [0.3, 0.4) is 0 Å². The van der Waals surface area contributed by atoms with Gasteiger partial charge in [0.2, 0.25) is 0 Å². The summed E-state index contributed by atoms with van der Waals surface area (Å²) in [6.45, 7) is 4.54. The van der Waals surface area contributed by atoms with Crippen molar-refractivity contribution in [3.63, 3.8) is 0 Å². The van der Waals surface area contributed by atoms with Crippen LogP contribution in [0.15, 0.2) is 60.7 Å². The molecule has 1 fully saturated rings. The van der Waals surface area contributed by atoms with Crippen LogP contribution in [0.4, 0.5) is 0 Å². The smallest absolute Gasteiger partial charge is 0.121 e. The average molecular weight is 338 g/mol. The number of hydrogen-bond acceptors (Lipinski definition) is 2. The van der Waals surface area contributed by atoms with Crippen LogP contribution in [0.25, 0.3) is 0 Å². The predicted molar refractivity (Wildman–Crippen MR) is 105 cm³/mol. The Bertz CT molecular complexity index is 596. The van der Waals surface area contributed by atoms with Crippen molar-refractivity contribution in [3.05, 3.63) is 71.8 Å². The Hall–Kier alpha value is -1.64. The molecule has 1 unspecified atom stereocenters. The molecule has 0 amide bonds. The minimum Gasteiger partial charge on any atom is -0.368 e. The molecule has 1 saturated carbocycles. The second-order valence-corrected chi connectivity index (χ2v) is 7.59. The van der Waals surface area contributed by atoms with Crippen molar-refractivity contribution in [3.8, 4) is 0 Å². The maximum absolute atomic E-state index is 6.29. The first-order valence-corrected chi connectivity index (χ1v) is 9.51. The summed E-state index contributed by atoms with van der Waals surface area (Å²) in [7, 11) is 4.10. The highest BCUT2D eigenvalue weighted by atomic mass is 16.5. The monoisotopic (exact) mass is 337 g/mol. The van der Waals surface area contributed by atoms with Gasteiger partial charge in [-0.25, -0.2) is 0 Å². The molecule has 0 bridgehead atoms. The van der Waals surface area contributed by atoms with Gasteiger partial charge in [0.25, 0.3) is 0 Å². The van der Waals surface area contributed by atoms with Gasteiger partial charge in [-0.05, 0) is 36.9 Å². The lowest BCUT2D eigenvalue weighted by atomic mass is 9.76. The van der Waals surface area contributed by atoms with E-state index in [0.29, 0.717) is 5.92 Å². The lowest BCUT2D eigenvalue weighted by Gasteiger charge is -2.41. The van der Waals surface area contributed by atoms with Crippen LogP contribution >= 0.6 is 0 Å². The number of nitrogens with zero attached hydrogens (tertiary/aromatic N) is 1. The molecule has 0 radical (unpaired) electrons. The molecule has 0 heterocycles. The van der Waals surface area contributed by atoms with Crippen molar-refractivity contribution in [1.29, 1.82) is 0 Å². The lowest BCUT2D eigenvalue weighted by Crippen LogP contribution is -2.43. The summed E-state index contributed by atoms with van der Waals surface area (Å²) in [6.07, 6.45) is 4.20. The molecule has 0 spiro atoms. The normalized spacial score (nSPS) is 16.6. The SMILES string of the molecule is COC(c1ccccc1)(c1ccccc1)C(C)CN(C)CC1CCC1. The van der Waals surface area contributed by atoms with Crippen molar-refractivity contribution >= 4 is 0 Å². The van der Waals surface area contributed by atoms with Crippen LogP contribution in [0, 0.1) is 11.8 Å². The van der Waals surface area contributed by atoms with Crippen LogP contribution in [0.2, 0.25) is 0 Å². The fraction of sp³-hybridized carbons (Fsp3) is 0.478. The number of rotatable bonds is 8. The maximum atomic E-state index is 6.29. The standard InChI is InChI=1S/C23H31NO/c1-19(17-24(2)18-20-11-10-12-20)23(25-3,21-13-6-4-7-14-21)22-15-8-5-9-16-22/h4-9,13-16,19-20H,10-12,17-18H2,1-3H3. The molecule has 1 aliphatic carbocycles. The third-order valence-corrected chi connectivity index (χ3v) is 5.80. The summed E-state index contributed by atoms with van der Waals surface area (Å²) >= 11 is 0. The lowest BCUT2D eigenvalue weighted by molar-refractivity contribution is -0.0340. The topological polar surface area (TPSA) is 12.5 Å². The Balaban J connectivity index is 1.89. The van der Waals surface area contributed by atoms with Gasteiger partial charge in [-0.2, -0.15) is 0 Å². The Morgan fingerprint density at radius 1 is 1.00 bits per heavy atom. The summed E-state index contributed by atoms with van der Waals surface area (Å²) in [4.78, 5) is 2.49. The minimum atomic E-state index is -0.420. The Labute approximate surface area is 152 Å². The van der Waals surface area contributed by atoms with Crippen LogP contribution in [0.1, 0.15) is 37.3 Å². The predicted octanol–water partition coefficient (Wildman–Crippen LogP) is 4.94. The van der Waals surface area contributed by atoms with Gasteiger partial charge in [-0.1, -0.05) is 74.0 Å². The summed E-state index contributed by atoms with van der Waals surface area (Å²) in [5.41, 5.74) is 2.04. The largest absolute Gasteiger partial charge is 0.368 e. The number of ether oxygens (including phenoxy) is 1. The zero-order chi connectivity index (χ0) is 17.7. The van der Waals surface area contributed by atoms with Gasteiger partial charge in [0, 0.05) is 26.1 Å². The summed E-state index contributed by atoms with van der Waals surface area (Å²) in [5, 5.41) is 0.